The number of amides is 3. The van der Waals surface area contributed by atoms with E-state index < -0.39 is 0 Å². The molecule has 164 valence electrons. The van der Waals surface area contributed by atoms with Crippen LogP contribution in [0.2, 0.25) is 0 Å². The van der Waals surface area contributed by atoms with Crippen molar-refractivity contribution in [3.63, 3.8) is 0 Å². The molecular formula is C22H27N5O3S. The Morgan fingerprint density at radius 1 is 1.03 bits per heavy atom. The molecule has 2 heterocycles. The molecule has 2 aromatic rings. The minimum atomic E-state index is -0.261. The Kier molecular flexibility index (Phi) is 8.02. The van der Waals surface area contributed by atoms with E-state index in [1.165, 1.54) is 0 Å². The quantitative estimate of drug-likeness (QED) is 0.683. The summed E-state index contributed by atoms with van der Waals surface area (Å²) in [5, 5.41) is 5.52. The number of hydrogen-bond acceptors (Lipinski definition) is 6. The van der Waals surface area contributed by atoms with Gasteiger partial charge in [0.2, 0.25) is 11.8 Å². The van der Waals surface area contributed by atoms with Crippen LogP contribution in [0.25, 0.3) is 0 Å². The van der Waals surface area contributed by atoms with Crippen molar-refractivity contribution in [2.45, 2.75) is 6.92 Å². The zero-order valence-electron chi connectivity index (χ0n) is 17.8. The van der Waals surface area contributed by atoms with Crippen LogP contribution >= 0.6 is 11.8 Å². The predicted octanol–water partition coefficient (Wildman–Crippen LogP) is 2.09. The van der Waals surface area contributed by atoms with Crippen LogP contribution in [0.15, 0.2) is 42.5 Å². The average molecular weight is 442 g/mol. The minimum Gasteiger partial charge on any atom is -0.337 e. The van der Waals surface area contributed by atoms with Crippen LogP contribution in [0.4, 0.5) is 11.5 Å². The number of nitrogens with one attached hydrogen (secondary N) is 2. The van der Waals surface area contributed by atoms with Gasteiger partial charge in [0.05, 0.1) is 13.1 Å². The van der Waals surface area contributed by atoms with Gasteiger partial charge in [-0.05, 0) is 44.3 Å². The molecule has 0 radical (unpaired) electrons. The number of benzene rings is 1. The van der Waals surface area contributed by atoms with Gasteiger partial charge in [-0.3, -0.25) is 19.3 Å². The van der Waals surface area contributed by atoms with Gasteiger partial charge < -0.3 is 15.5 Å². The number of carbonyl (C=O) groups is 3. The summed E-state index contributed by atoms with van der Waals surface area (Å²) in [7, 11) is 1.69. The Balaban J connectivity index is 1.49. The van der Waals surface area contributed by atoms with E-state index in [1.807, 2.05) is 35.7 Å². The first-order valence-corrected chi connectivity index (χ1v) is 11.2. The Bertz CT molecular complexity index is 946. The molecule has 1 aliphatic heterocycles. The smallest absolute Gasteiger partial charge is 0.253 e. The Morgan fingerprint density at radius 3 is 2.42 bits per heavy atom. The number of thioether (sulfide) groups is 1. The van der Waals surface area contributed by atoms with E-state index in [1.54, 1.807) is 42.3 Å². The maximum Gasteiger partial charge on any atom is 0.253 e. The summed E-state index contributed by atoms with van der Waals surface area (Å²) in [5.41, 5.74) is 1.93. The predicted molar refractivity (Wildman–Crippen MR) is 123 cm³/mol. The van der Waals surface area contributed by atoms with Crippen LogP contribution in [0, 0.1) is 6.92 Å². The van der Waals surface area contributed by atoms with E-state index in [0.29, 0.717) is 17.1 Å². The van der Waals surface area contributed by atoms with E-state index in [-0.39, 0.29) is 30.8 Å². The number of anilines is 2. The van der Waals surface area contributed by atoms with Crippen molar-refractivity contribution in [1.29, 1.82) is 0 Å². The van der Waals surface area contributed by atoms with Gasteiger partial charge in [-0.15, -0.1) is 0 Å². The van der Waals surface area contributed by atoms with Crippen LogP contribution in [0.5, 0.6) is 0 Å². The van der Waals surface area contributed by atoms with E-state index in [0.717, 1.165) is 30.3 Å². The van der Waals surface area contributed by atoms with Crippen molar-refractivity contribution in [2.75, 3.05) is 55.4 Å². The van der Waals surface area contributed by atoms with Crippen molar-refractivity contribution in [1.82, 2.24) is 14.8 Å². The molecule has 0 atom stereocenters. The third kappa shape index (κ3) is 7.08. The van der Waals surface area contributed by atoms with Crippen molar-refractivity contribution in [3.05, 3.63) is 53.7 Å². The van der Waals surface area contributed by atoms with Gasteiger partial charge >= 0.3 is 0 Å². The van der Waals surface area contributed by atoms with Crippen LogP contribution < -0.4 is 10.6 Å². The summed E-state index contributed by atoms with van der Waals surface area (Å²) in [4.78, 5) is 44.9. The topological polar surface area (TPSA) is 94.6 Å². The minimum absolute atomic E-state index is 0.0186. The molecular weight excluding hydrogens is 414 g/mol. The second-order valence-electron chi connectivity index (χ2n) is 7.42. The van der Waals surface area contributed by atoms with E-state index in [2.05, 4.69) is 15.6 Å². The van der Waals surface area contributed by atoms with Crippen molar-refractivity contribution in [2.24, 2.45) is 0 Å². The number of rotatable bonds is 7. The highest BCUT2D eigenvalue weighted by molar-refractivity contribution is 7.99. The molecule has 0 aliphatic carbocycles. The van der Waals surface area contributed by atoms with E-state index in [4.69, 9.17) is 0 Å². The lowest BCUT2D eigenvalue weighted by atomic mass is 10.1. The molecule has 1 fully saturated rings. The van der Waals surface area contributed by atoms with Gasteiger partial charge in [0.15, 0.2) is 0 Å². The summed E-state index contributed by atoms with van der Waals surface area (Å²) < 4.78 is 0. The molecule has 3 amide bonds. The monoisotopic (exact) mass is 441 g/mol. The van der Waals surface area contributed by atoms with Gasteiger partial charge in [-0.25, -0.2) is 4.98 Å². The third-order valence-electron chi connectivity index (χ3n) is 4.67. The third-order valence-corrected chi connectivity index (χ3v) is 5.62. The molecule has 1 aliphatic rings. The Labute approximate surface area is 186 Å². The molecule has 0 saturated carbocycles. The molecule has 1 saturated heterocycles. The maximum atomic E-state index is 12.7. The number of carbonyl (C=O) groups excluding carboxylic acids is 3. The molecule has 0 spiro atoms. The lowest BCUT2D eigenvalue weighted by Gasteiger charge is -2.26. The SMILES string of the molecule is Cc1cccc(NC(=O)CN(C)CC(=O)Nc2cccc(C(=O)N3CCSCC3)c2)n1. The number of nitrogens with zero attached hydrogens (tertiary/aromatic N) is 3. The second kappa shape index (κ2) is 10.9. The highest BCUT2D eigenvalue weighted by atomic mass is 32.2. The van der Waals surface area contributed by atoms with Gasteiger partial charge in [0.25, 0.3) is 5.91 Å². The van der Waals surface area contributed by atoms with Crippen molar-refractivity contribution < 1.29 is 14.4 Å². The zero-order valence-corrected chi connectivity index (χ0v) is 18.6. The van der Waals surface area contributed by atoms with Gasteiger partial charge in [-0.1, -0.05) is 12.1 Å². The summed E-state index contributed by atoms with van der Waals surface area (Å²) >= 11 is 1.85. The van der Waals surface area contributed by atoms with E-state index >= 15 is 0 Å². The highest BCUT2D eigenvalue weighted by Crippen LogP contribution is 2.16. The molecule has 2 N–H and O–H groups in total. The molecule has 0 bridgehead atoms. The molecule has 0 unspecified atom stereocenters. The normalized spacial score (nSPS) is 13.7. The molecule has 8 nitrogen and oxygen atoms in total. The van der Waals surface area contributed by atoms with Crippen LogP contribution in [0.3, 0.4) is 0 Å². The Morgan fingerprint density at radius 2 is 1.71 bits per heavy atom. The number of hydrogen-bond donors (Lipinski definition) is 2. The largest absolute Gasteiger partial charge is 0.337 e. The van der Waals surface area contributed by atoms with Crippen LogP contribution in [0.1, 0.15) is 16.1 Å². The fourth-order valence-corrected chi connectivity index (χ4v) is 4.12. The lowest BCUT2D eigenvalue weighted by molar-refractivity contribution is -0.119. The molecule has 9 heteroatoms. The number of aryl methyl sites for hydroxylation is 1. The lowest BCUT2D eigenvalue weighted by Crippen LogP contribution is -2.38. The first-order valence-electron chi connectivity index (χ1n) is 10.1. The second-order valence-corrected chi connectivity index (χ2v) is 8.64. The highest BCUT2D eigenvalue weighted by Gasteiger charge is 2.19. The maximum absolute atomic E-state index is 12.7. The number of likely N-dealkylation sites (N-methyl/N-ethyl adjacent to an activating group) is 1. The van der Waals surface area contributed by atoms with E-state index in [9.17, 15) is 14.4 Å². The van der Waals surface area contributed by atoms with Crippen molar-refractivity contribution in [3.8, 4) is 0 Å². The fourth-order valence-electron chi connectivity index (χ4n) is 3.22. The molecule has 3 rings (SSSR count). The van der Waals surface area contributed by atoms with Crippen LogP contribution in [-0.4, -0.2) is 77.2 Å². The summed E-state index contributed by atoms with van der Waals surface area (Å²) in [6, 6.07) is 12.3. The zero-order chi connectivity index (χ0) is 22.2. The fraction of sp³-hybridized carbons (Fsp3) is 0.364. The number of aromatic nitrogens is 1. The summed E-state index contributed by atoms with van der Waals surface area (Å²) in [6.45, 7) is 3.42. The van der Waals surface area contributed by atoms with Gasteiger partial charge in [-0.2, -0.15) is 11.8 Å². The van der Waals surface area contributed by atoms with Gasteiger partial charge in [0, 0.05) is 41.5 Å². The summed E-state index contributed by atoms with van der Waals surface area (Å²) in [5.74, 6) is 1.85. The molecule has 1 aromatic carbocycles. The average Bonchev–Trinajstić information content (AvgIpc) is 2.73. The van der Waals surface area contributed by atoms with Gasteiger partial charge in [0.1, 0.15) is 5.82 Å². The van der Waals surface area contributed by atoms with Crippen LogP contribution in [-0.2, 0) is 9.59 Å². The first kappa shape index (κ1) is 22.8. The number of pyridine rings is 1. The van der Waals surface area contributed by atoms with Crippen molar-refractivity contribution >= 4 is 41.0 Å². The Hall–Kier alpha value is -2.91. The summed E-state index contributed by atoms with van der Waals surface area (Å²) in [6.07, 6.45) is 0. The standard InChI is InChI=1S/C22H27N5O3S/c1-16-5-3-8-19(23-16)25-21(29)15-26(2)14-20(28)24-18-7-4-6-17(13-18)22(30)27-9-11-31-12-10-27/h3-8,13H,9-12,14-15H2,1-2H3,(H,24,28)(H,23,25,29). The first-order chi connectivity index (χ1) is 14.9. The molecule has 31 heavy (non-hydrogen) atoms. The molecule has 1 aromatic heterocycles.